The van der Waals surface area contributed by atoms with E-state index in [1.807, 2.05) is 0 Å². The number of para-hydroxylation sites is 1. The molecule has 1 aromatic heterocycles. The molecule has 1 unspecified atom stereocenters. The molecule has 17 heavy (non-hydrogen) atoms. The van der Waals surface area contributed by atoms with E-state index in [2.05, 4.69) is 42.1 Å². The number of benzene rings is 1. The fourth-order valence-corrected chi connectivity index (χ4v) is 3.13. The van der Waals surface area contributed by atoms with Gasteiger partial charge in [-0.3, -0.25) is 0 Å². The molecule has 2 aromatic rings. The lowest BCUT2D eigenvalue weighted by Crippen LogP contribution is -2.33. The van der Waals surface area contributed by atoms with E-state index < -0.39 is 0 Å². The number of rotatable bonds is 1. The lowest BCUT2D eigenvalue weighted by atomic mass is 9.99. The highest BCUT2D eigenvalue weighted by molar-refractivity contribution is 5.88. The molecule has 0 radical (unpaired) electrons. The summed E-state index contributed by atoms with van der Waals surface area (Å²) in [4.78, 5) is 0. The van der Waals surface area contributed by atoms with Gasteiger partial charge in [-0.1, -0.05) is 18.2 Å². The average molecular weight is 230 g/mol. The van der Waals surface area contributed by atoms with Gasteiger partial charge in [0.2, 0.25) is 0 Å². The second-order valence-electron chi connectivity index (χ2n) is 4.83. The average Bonchev–Trinajstić information content (AvgIpc) is 2.65. The Morgan fingerprint density at radius 2 is 2.29 bits per heavy atom. The molecule has 1 aliphatic heterocycles. The minimum Gasteiger partial charge on any atom is -0.394 e. The van der Waals surface area contributed by atoms with Crippen molar-refractivity contribution in [3.8, 4) is 0 Å². The zero-order valence-electron chi connectivity index (χ0n) is 10.3. The van der Waals surface area contributed by atoms with E-state index in [-0.39, 0.29) is 12.6 Å². The van der Waals surface area contributed by atoms with Crippen LogP contribution in [0.4, 0.5) is 0 Å². The highest BCUT2D eigenvalue weighted by Gasteiger charge is 2.25. The van der Waals surface area contributed by atoms with Crippen molar-refractivity contribution in [3.63, 3.8) is 0 Å². The van der Waals surface area contributed by atoms with Crippen LogP contribution in [0, 0.1) is 6.92 Å². The topological polar surface area (TPSA) is 37.2 Å². The fourth-order valence-electron chi connectivity index (χ4n) is 3.13. The Morgan fingerprint density at radius 3 is 3.06 bits per heavy atom. The third kappa shape index (κ3) is 1.43. The molecular weight excluding hydrogens is 212 g/mol. The summed E-state index contributed by atoms with van der Waals surface area (Å²) in [5, 5.41) is 14.2. The third-order valence-electron chi connectivity index (χ3n) is 3.85. The third-order valence-corrected chi connectivity index (χ3v) is 3.85. The molecule has 0 fully saturated rings. The van der Waals surface area contributed by atoms with Crippen LogP contribution in [0.25, 0.3) is 10.9 Å². The van der Waals surface area contributed by atoms with Gasteiger partial charge in [0.1, 0.15) is 0 Å². The van der Waals surface area contributed by atoms with Crippen molar-refractivity contribution >= 4 is 10.9 Å². The summed E-state index contributed by atoms with van der Waals surface area (Å²) < 4.78 is 2.24. The summed E-state index contributed by atoms with van der Waals surface area (Å²) in [6.07, 6.45) is 1.05. The van der Waals surface area contributed by atoms with E-state index in [4.69, 9.17) is 0 Å². The number of aromatic nitrogens is 1. The van der Waals surface area contributed by atoms with E-state index >= 15 is 0 Å². The zero-order chi connectivity index (χ0) is 12.0. The molecule has 0 aliphatic carbocycles. The summed E-state index contributed by atoms with van der Waals surface area (Å²) >= 11 is 0. The normalized spacial score (nSPS) is 19.6. The van der Waals surface area contributed by atoms with E-state index in [0.717, 1.165) is 13.0 Å². The van der Waals surface area contributed by atoms with E-state index in [0.29, 0.717) is 0 Å². The maximum Gasteiger partial charge on any atom is 0.0712 e. The second-order valence-corrected chi connectivity index (χ2v) is 4.83. The Labute approximate surface area is 101 Å². The number of nitrogens with one attached hydrogen (secondary N) is 1. The molecule has 0 amide bonds. The molecule has 1 aromatic carbocycles. The number of nitrogens with zero attached hydrogens (tertiary/aromatic N) is 1. The van der Waals surface area contributed by atoms with Crippen molar-refractivity contribution in [2.45, 2.75) is 19.4 Å². The molecule has 0 saturated heterocycles. The van der Waals surface area contributed by atoms with Gasteiger partial charge in [0.05, 0.1) is 18.2 Å². The van der Waals surface area contributed by atoms with Gasteiger partial charge in [-0.05, 0) is 31.0 Å². The highest BCUT2D eigenvalue weighted by atomic mass is 16.3. The summed E-state index contributed by atoms with van der Waals surface area (Å²) in [6, 6.07) is 6.54. The van der Waals surface area contributed by atoms with Gasteiger partial charge < -0.3 is 15.0 Å². The SMILES string of the molecule is Cc1cccc2c3c(n(C)c12)C(CO)NCC3. The van der Waals surface area contributed by atoms with Gasteiger partial charge in [0.25, 0.3) is 0 Å². The number of aliphatic hydroxyl groups excluding tert-OH is 1. The van der Waals surface area contributed by atoms with Crippen molar-refractivity contribution in [1.82, 2.24) is 9.88 Å². The Kier molecular flexibility index (Phi) is 2.45. The predicted octanol–water partition coefficient (Wildman–Crippen LogP) is 1.67. The lowest BCUT2D eigenvalue weighted by molar-refractivity contribution is 0.235. The molecule has 90 valence electrons. The predicted molar refractivity (Wildman–Crippen MR) is 69.2 cm³/mol. The monoisotopic (exact) mass is 230 g/mol. The van der Waals surface area contributed by atoms with Crippen LogP contribution in [0.2, 0.25) is 0 Å². The van der Waals surface area contributed by atoms with Crippen LogP contribution in [0.3, 0.4) is 0 Å². The number of hydrogen-bond acceptors (Lipinski definition) is 2. The Bertz CT molecular complexity index is 571. The first-order valence-corrected chi connectivity index (χ1v) is 6.15. The number of aliphatic hydroxyl groups is 1. The maximum absolute atomic E-state index is 9.48. The minimum absolute atomic E-state index is 0.0792. The Balaban J connectivity index is 2.37. The molecule has 2 N–H and O–H groups in total. The Morgan fingerprint density at radius 1 is 1.47 bits per heavy atom. The largest absolute Gasteiger partial charge is 0.394 e. The number of hydrogen-bond donors (Lipinski definition) is 2. The molecule has 1 atom stereocenters. The van der Waals surface area contributed by atoms with Crippen LogP contribution in [-0.2, 0) is 13.5 Å². The van der Waals surface area contributed by atoms with Crippen LogP contribution in [0.5, 0.6) is 0 Å². The smallest absolute Gasteiger partial charge is 0.0712 e. The van der Waals surface area contributed by atoms with Crippen molar-refractivity contribution in [2.75, 3.05) is 13.2 Å². The summed E-state index contributed by atoms with van der Waals surface area (Å²) in [7, 11) is 2.10. The molecule has 0 saturated carbocycles. The van der Waals surface area contributed by atoms with Crippen molar-refractivity contribution in [3.05, 3.63) is 35.0 Å². The zero-order valence-corrected chi connectivity index (χ0v) is 10.3. The van der Waals surface area contributed by atoms with Gasteiger partial charge in [0.15, 0.2) is 0 Å². The fraction of sp³-hybridized carbons (Fsp3) is 0.429. The van der Waals surface area contributed by atoms with Gasteiger partial charge in [-0.25, -0.2) is 0 Å². The van der Waals surface area contributed by atoms with E-state index in [9.17, 15) is 5.11 Å². The first-order chi connectivity index (χ1) is 8.24. The van der Waals surface area contributed by atoms with Gasteiger partial charge in [-0.15, -0.1) is 0 Å². The van der Waals surface area contributed by atoms with Gasteiger partial charge >= 0.3 is 0 Å². The van der Waals surface area contributed by atoms with Crippen LogP contribution in [-0.4, -0.2) is 22.8 Å². The molecule has 0 bridgehead atoms. The number of aryl methyl sites for hydroxylation is 2. The second kappa shape index (κ2) is 3.86. The van der Waals surface area contributed by atoms with Crippen molar-refractivity contribution < 1.29 is 5.11 Å². The van der Waals surface area contributed by atoms with Crippen LogP contribution in [0.1, 0.15) is 22.9 Å². The van der Waals surface area contributed by atoms with Crippen LogP contribution < -0.4 is 5.32 Å². The quantitative estimate of drug-likeness (QED) is 0.782. The molecule has 3 heteroatoms. The van der Waals surface area contributed by atoms with Gasteiger partial charge in [-0.2, -0.15) is 0 Å². The maximum atomic E-state index is 9.48. The molecule has 3 rings (SSSR count). The van der Waals surface area contributed by atoms with Crippen LogP contribution in [0.15, 0.2) is 18.2 Å². The Hall–Kier alpha value is -1.32. The first-order valence-electron chi connectivity index (χ1n) is 6.15. The summed E-state index contributed by atoms with van der Waals surface area (Å²) in [5.41, 5.74) is 5.27. The van der Waals surface area contributed by atoms with Crippen LogP contribution >= 0.6 is 0 Å². The van der Waals surface area contributed by atoms with E-state index in [1.165, 1.54) is 27.7 Å². The first kappa shape index (κ1) is 10.8. The summed E-state index contributed by atoms with van der Waals surface area (Å²) in [5.74, 6) is 0. The molecule has 2 heterocycles. The minimum atomic E-state index is 0.0792. The molecule has 1 aliphatic rings. The molecular formula is C14H18N2O. The number of fused-ring (bicyclic) bond motifs is 3. The highest BCUT2D eigenvalue weighted by Crippen LogP contribution is 2.33. The standard InChI is InChI=1S/C14H18N2O/c1-9-4-3-5-10-11-6-7-15-12(8-17)14(11)16(2)13(9)10/h3-5,12,15,17H,6-8H2,1-2H3. The van der Waals surface area contributed by atoms with E-state index in [1.54, 1.807) is 0 Å². The summed E-state index contributed by atoms with van der Waals surface area (Å²) in [6.45, 7) is 3.26. The van der Waals surface area contributed by atoms with Crippen molar-refractivity contribution in [2.24, 2.45) is 7.05 Å². The molecule has 0 spiro atoms. The lowest BCUT2D eigenvalue weighted by Gasteiger charge is -2.24. The van der Waals surface area contributed by atoms with Gasteiger partial charge in [0, 0.05) is 18.1 Å². The molecule has 3 nitrogen and oxygen atoms in total. The van der Waals surface area contributed by atoms with Crippen molar-refractivity contribution in [1.29, 1.82) is 0 Å².